The number of aromatic nitrogens is 4. The molecule has 0 unspecified atom stereocenters. The highest BCUT2D eigenvalue weighted by Gasteiger charge is 2.14. The lowest BCUT2D eigenvalue weighted by atomic mass is 10.3. The zero-order chi connectivity index (χ0) is 16.4. The summed E-state index contributed by atoms with van der Waals surface area (Å²) in [5.74, 6) is -0.541. The number of rotatable bonds is 3. The van der Waals surface area contributed by atoms with Crippen molar-refractivity contribution in [3.63, 3.8) is 0 Å². The maximum Gasteiger partial charge on any atom is 0.326 e. The average Bonchev–Trinajstić information content (AvgIpc) is 3.01. The Bertz CT molecular complexity index is 969. The third-order valence-corrected chi connectivity index (χ3v) is 3.21. The van der Waals surface area contributed by atoms with Crippen molar-refractivity contribution in [1.82, 2.24) is 19.7 Å². The molecule has 0 aliphatic rings. The second-order valence-corrected chi connectivity index (χ2v) is 4.84. The number of hydrogen-bond donors (Lipinski definition) is 3. The van der Waals surface area contributed by atoms with Crippen LogP contribution in [0.15, 0.2) is 52.2 Å². The molecule has 1 amide bonds. The van der Waals surface area contributed by atoms with Gasteiger partial charge in [0.05, 0.1) is 5.69 Å². The SMILES string of the molecule is Cc1[nH]c(=O)[nH]c(=O)c1NC(=O)c1ccn(-c2ccccc2)n1. The van der Waals surface area contributed by atoms with E-state index in [1.807, 2.05) is 30.3 Å². The lowest BCUT2D eigenvalue weighted by molar-refractivity contribution is 0.102. The van der Waals surface area contributed by atoms with Gasteiger partial charge < -0.3 is 10.3 Å². The van der Waals surface area contributed by atoms with Gasteiger partial charge in [-0.2, -0.15) is 5.10 Å². The van der Waals surface area contributed by atoms with E-state index >= 15 is 0 Å². The second kappa shape index (κ2) is 5.76. The molecule has 0 radical (unpaired) electrons. The number of nitrogens with one attached hydrogen (secondary N) is 3. The van der Waals surface area contributed by atoms with Crippen molar-refractivity contribution in [2.45, 2.75) is 6.92 Å². The fraction of sp³-hybridized carbons (Fsp3) is 0.0667. The number of benzene rings is 1. The van der Waals surface area contributed by atoms with E-state index in [0.717, 1.165) is 5.69 Å². The van der Waals surface area contributed by atoms with Crippen LogP contribution in [0.4, 0.5) is 5.69 Å². The molecule has 0 aliphatic heterocycles. The minimum Gasteiger partial charge on any atom is -0.314 e. The molecule has 1 aromatic carbocycles. The summed E-state index contributed by atoms with van der Waals surface area (Å²) in [6.45, 7) is 1.52. The molecule has 0 atom stereocenters. The number of aromatic amines is 2. The molecular weight excluding hydrogens is 298 g/mol. The number of H-pyrrole nitrogens is 2. The Hall–Kier alpha value is -3.42. The first kappa shape index (κ1) is 14.5. The van der Waals surface area contributed by atoms with Crippen LogP contribution in [0.1, 0.15) is 16.2 Å². The van der Waals surface area contributed by atoms with Gasteiger partial charge in [-0.05, 0) is 25.1 Å². The van der Waals surface area contributed by atoms with E-state index in [9.17, 15) is 14.4 Å². The first-order chi connectivity index (χ1) is 11.0. The molecule has 3 N–H and O–H groups in total. The van der Waals surface area contributed by atoms with Gasteiger partial charge in [0.25, 0.3) is 11.5 Å². The average molecular weight is 311 g/mol. The summed E-state index contributed by atoms with van der Waals surface area (Å²) < 4.78 is 1.55. The monoisotopic (exact) mass is 311 g/mol. The standard InChI is InChI=1S/C15H13N5O3/c1-9-12(14(22)18-15(23)16-9)17-13(21)11-7-8-20(19-11)10-5-3-2-4-6-10/h2-8H,1H3,(H,17,21)(H2,16,18,22,23). The number of aryl methyl sites for hydroxylation is 1. The van der Waals surface area contributed by atoms with E-state index in [0.29, 0.717) is 0 Å². The molecule has 0 aliphatic carbocycles. The zero-order valence-electron chi connectivity index (χ0n) is 12.2. The number of hydrogen-bond acceptors (Lipinski definition) is 4. The molecule has 8 nitrogen and oxygen atoms in total. The summed E-state index contributed by atoms with van der Waals surface area (Å²) >= 11 is 0. The molecule has 0 saturated carbocycles. The lowest BCUT2D eigenvalue weighted by Gasteiger charge is -2.05. The summed E-state index contributed by atoms with van der Waals surface area (Å²) in [4.78, 5) is 39.6. The van der Waals surface area contributed by atoms with Crippen LogP contribution >= 0.6 is 0 Å². The van der Waals surface area contributed by atoms with Crippen molar-refractivity contribution in [1.29, 1.82) is 0 Å². The van der Waals surface area contributed by atoms with E-state index in [1.54, 1.807) is 10.9 Å². The van der Waals surface area contributed by atoms with Gasteiger partial charge >= 0.3 is 5.69 Å². The van der Waals surface area contributed by atoms with E-state index in [-0.39, 0.29) is 17.1 Å². The Morgan fingerprint density at radius 2 is 1.87 bits per heavy atom. The molecule has 2 heterocycles. The van der Waals surface area contributed by atoms with Gasteiger partial charge in [-0.15, -0.1) is 0 Å². The third kappa shape index (κ3) is 2.95. The van der Waals surface area contributed by atoms with Gasteiger partial charge in [-0.1, -0.05) is 18.2 Å². The van der Waals surface area contributed by atoms with Gasteiger partial charge in [0.15, 0.2) is 5.69 Å². The minimum absolute atomic E-state index is 0.0103. The second-order valence-electron chi connectivity index (χ2n) is 4.84. The Labute approximate surface area is 129 Å². The van der Waals surface area contributed by atoms with Crippen LogP contribution in [-0.4, -0.2) is 25.7 Å². The summed E-state index contributed by atoms with van der Waals surface area (Å²) in [6.07, 6.45) is 1.65. The molecule has 116 valence electrons. The topological polar surface area (TPSA) is 113 Å². The summed E-state index contributed by atoms with van der Waals surface area (Å²) in [6, 6.07) is 10.8. The van der Waals surface area contributed by atoms with E-state index in [1.165, 1.54) is 13.0 Å². The quantitative estimate of drug-likeness (QED) is 0.664. The highest BCUT2D eigenvalue weighted by molar-refractivity contribution is 6.02. The Morgan fingerprint density at radius 3 is 2.57 bits per heavy atom. The van der Waals surface area contributed by atoms with Gasteiger partial charge in [0, 0.05) is 11.9 Å². The lowest BCUT2D eigenvalue weighted by Crippen LogP contribution is -2.28. The number of carbonyl (C=O) groups excluding carboxylic acids is 1. The molecule has 8 heteroatoms. The van der Waals surface area contributed by atoms with Crippen LogP contribution in [0.25, 0.3) is 5.69 Å². The van der Waals surface area contributed by atoms with Crippen molar-refractivity contribution in [3.05, 3.63) is 74.8 Å². The van der Waals surface area contributed by atoms with Crippen LogP contribution in [0.2, 0.25) is 0 Å². The number of carbonyl (C=O) groups is 1. The van der Waals surface area contributed by atoms with Crippen LogP contribution in [0.3, 0.4) is 0 Å². The van der Waals surface area contributed by atoms with Crippen molar-refractivity contribution < 1.29 is 4.79 Å². The maximum atomic E-state index is 12.2. The molecule has 0 saturated heterocycles. The fourth-order valence-electron chi connectivity index (χ4n) is 2.10. The molecule has 0 fully saturated rings. The van der Waals surface area contributed by atoms with Gasteiger partial charge in [-0.3, -0.25) is 14.6 Å². The third-order valence-electron chi connectivity index (χ3n) is 3.21. The van der Waals surface area contributed by atoms with Crippen LogP contribution in [-0.2, 0) is 0 Å². The van der Waals surface area contributed by atoms with E-state index in [2.05, 4.69) is 20.4 Å². The predicted octanol–water partition coefficient (Wildman–Crippen LogP) is 0.810. The first-order valence-corrected chi connectivity index (χ1v) is 6.80. The van der Waals surface area contributed by atoms with Crippen molar-refractivity contribution in [3.8, 4) is 5.69 Å². The van der Waals surface area contributed by atoms with Gasteiger partial charge in [0.1, 0.15) is 5.69 Å². The van der Waals surface area contributed by atoms with Gasteiger partial charge in [0.2, 0.25) is 0 Å². The smallest absolute Gasteiger partial charge is 0.314 e. The molecule has 3 rings (SSSR count). The maximum absolute atomic E-state index is 12.2. The van der Waals surface area contributed by atoms with Crippen molar-refractivity contribution in [2.75, 3.05) is 5.32 Å². The molecule has 0 spiro atoms. The van der Waals surface area contributed by atoms with Crippen LogP contribution in [0, 0.1) is 6.92 Å². The molecule has 2 aromatic heterocycles. The highest BCUT2D eigenvalue weighted by atomic mass is 16.2. The predicted molar refractivity (Wildman–Crippen MR) is 83.9 cm³/mol. The van der Waals surface area contributed by atoms with Gasteiger partial charge in [-0.25, -0.2) is 9.48 Å². The van der Waals surface area contributed by atoms with Crippen molar-refractivity contribution in [2.24, 2.45) is 0 Å². The zero-order valence-corrected chi connectivity index (χ0v) is 12.2. The number of amides is 1. The largest absolute Gasteiger partial charge is 0.326 e. The van der Waals surface area contributed by atoms with Crippen LogP contribution < -0.4 is 16.6 Å². The summed E-state index contributed by atoms with van der Waals surface area (Å²) in [5, 5.41) is 6.63. The van der Waals surface area contributed by atoms with E-state index < -0.39 is 17.2 Å². The Morgan fingerprint density at radius 1 is 1.13 bits per heavy atom. The first-order valence-electron chi connectivity index (χ1n) is 6.80. The normalized spacial score (nSPS) is 10.5. The minimum atomic E-state index is -0.665. The number of anilines is 1. The number of nitrogens with zero attached hydrogens (tertiary/aromatic N) is 2. The molecule has 3 aromatic rings. The number of para-hydroxylation sites is 1. The summed E-state index contributed by atoms with van der Waals surface area (Å²) in [5.41, 5.74) is -0.0668. The molecule has 0 bridgehead atoms. The molecule has 23 heavy (non-hydrogen) atoms. The highest BCUT2D eigenvalue weighted by Crippen LogP contribution is 2.09. The molecular formula is C15H13N5O3. The van der Waals surface area contributed by atoms with Crippen LogP contribution in [0.5, 0.6) is 0 Å². The Kier molecular flexibility index (Phi) is 3.63. The van der Waals surface area contributed by atoms with E-state index in [4.69, 9.17) is 0 Å². The Balaban J connectivity index is 1.87. The fourth-order valence-corrected chi connectivity index (χ4v) is 2.10. The summed E-state index contributed by atoms with van der Waals surface area (Å²) in [7, 11) is 0. The van der Waals surface area contributed by atoms with Crippen molar-refractivity contribution >= 4 is 11.6 Å².